The Morgan fingerprint density at radius 2 is 0.493 bits per heavy atom. The first-order valence-corrected chi connectivity index (χ1v) is 49.5. The van der Waals surface area contributed by atoms with Gasteiger partial charge in [-0.2, -0.15) is 0 Å². The molecule has 16 heteroatoms. The smallest absolute Gasteiger partial charge is 0.161 e. The molecule has 0 amide bonds. The molecule has 0 N–H and O–H groups in total. The van der Waals surface area contributed by atoms with Gasteiger partial charge in [0.1, 0.15) is 23.3 Å². The second kappa shape index (κ2) is 74.7. The molecular weight excluding hydrogens is 1670 g/mol. The van der Waals surface area contributed by atoms with Crippen molar-refractivity contribution in [3.63, 3.8) is 0 Å². The van der Waals surface area contributed by atoms with Gasteiger partial charge in [0.25, 0.3) is 0 Å². The van der Waals surface area contributed by atoms with E-state index in [-0.39, 0.29) is 25.6 Å². The number of aromatic nitrogens is 6. The van der Waals surface area contributed by atoms with E-state index < -0.39 is 11.6 Å². The molecule has 16 rings (SSSR count). The molecule has 4 aliphatic heterocycles. The lowest BCUT2D eigenvalue weighted by Crippen LogP contribution is -2.27. The lowest BCUT2D eigenvalue weighted by atomic mass is 9.84. The Bertz CT molecular complexity index is 3730. The van der Waals surface area contributed by atoms with Crippen LogP contribution in [0.25, 0.3) is 0 Å². The van der Waals surface area contributed by atoms with Crippen LogP contribution in [0.3, 0.4) is 0 Å². The first kappa shape index (κ1) is 126. The van der Waals surface area contributed by atoms with Gasteiger partial charge in [-0.15, -0.1) is 0 Å². The number of ether oxygens (including phenoxy) is 6. The minimum atomic E-state index is -0.736. The normalized spacial score (nSPS) is 20.8. The largest absolute Gasteiger partial charge is 0.378 e. The van der Waals surface area contributed by atoms with Crippen molar-refractivity contribution >= 4 is 0 Å². The molecule has 3 aliphatic carbocycles. The van der Waals surface area contributed by atoms with Crippen molar-refractivity contribution in [3.05, 3.63) is 306 Å². The van der Waals surface area contributed by atoms with Gasteiger partial charge in [-0.25, -0.2) is 37.5 Å². The Morgan fingerprint density at radius 1 is 0.246 bits per heavy atom. The molecule has 1 saturated carbocycles. The topological polar surface area (TPSA) is 133 Å². The summed E-state index contributed by atoms with van der Waals surface area (Å²) in [6.07, 6.45) is 36.0. The van der Waals surface area contributed by atoms with E-state index in [2.05, 4.69) is 213 Å². The maximum atomic E-state index is 12.6. The summed E-state index contributed by atoms with van der Waals surface area (Å²) in [7, 11) is 0. The van der Waals surface area contributed by atoms with Crippen LogP contribution in [0.4, 0.5) is 17.6 Å². The molecule has 0 radical (unpaired) electrons. The number of benzene rings is 5. The predicted molar refractivity (Wildman–Crippen MR) is 562 cm³/mol. The van der Waals surface area contributed by atoms with Crippen LogP contribution in [0.1, 0.15) is 303 Å². The molecule has 4 saturated heterocycles. The summed E-state index contributed by atoms with van der Waals surface area (Å²) in [5, 5.41) is 0. The molecule has 12 nitrogen and oxygen atoms in total. The third kappa shape index (κ3) is 68.5. The summed E-state index contributed by atoms with van der Waals surface area (Å²) in [4.78, 5) is 24.0. The van der Waals surface area contributed by atoms with Crippen molar-refractivity contribution in [2.45, 2.75) is 350 Å². The van der Waals surface area contributed by atoms with E-state index in [9.17, 15) is 17.6 Å². The number of allylic oxidation sites excluding steroid dienone is 4. The summed E-state index contributed by atoms with van der Waals surface area (Å²) in [5.41, 5.74) is 19.4. The third-order valence-electron chi connectivity index (χ3n) is 22.5. The fourth-order valence-electron chi connectivity index (χ4n) is 12.4. The fraction of sp³-hybridized carbons (Fsp3) is 0.559. The van der Waals surface area contributed by atoms with Gasteiger partial charge in [-0.1, -0.05) is 238 Å². The zero-order valence-electron chi connectivity index (χ0n) is 89.9. The molecule has 7 aliphatic rings. The predicted octanol–water partition coefficient (Wildman–Crippen LogP) is 32.9. The Morgan fingerprint density at radius 3 is 0.687 bits per heavy atom. The average molecular weight is 1860 g/mol. The van der Waals surface area contributed by atoms with Crippen LogP contribution in [0.15, 0.2) is 182 Å². The molecule has 9 aromatic rings. The quantitative estimate of drug-likeness (QED) is 0.106. The standard InChI is InChI=1S/C8H8F2.2C8H9F.C8H16.2C8H14.2C8H10.2C7H9N.2C7H14O.2C6H8N2.2C6H12O2.C2H6.H2/c1-5-3-4-6(2)8(10)7(5)9;2*1-6-3-4-7(2)8(9)5-6;5*1-7-3-5-8(2)6-4-7;4*1-6-3-4-7(2)8-5-6;4*1-5-3-7-6(2)8-4-5;1-2;/h3-4H,1-2H3;2*3-5H,1-2H3;7-8H,3-6H2,1-2H3;2*3,8H,4-6H2,1-2H3;2*3-6H,1-2H3;2*3-5H,1-2H3;2*6-7H,3-5H2,1-2H3;2*3-4H,1-2H3;2*5-6H,3-4H2,1-2H3;1-2H3;1H. The number of pyridine rings is 2. The number of aryl methyl sites for hydroxylation is 18. The van der Waals surface area contributed by atoms with E-state index in [0.717, 1.165) is 120 Å². The van der Waals surface area contributed by atoms with Crippen LogP contribution in [-0.2, 0) is 28.4 Å². The molecule has 750 valence electrons. The molecule has 0 spiro atoms. The Kier molecular flexibility index (Phi) is 69.9. The van der Waals surface area contributed by atoms with E-state index in [0.29, 0.717) is 46.3 Å². The maximum Gasteiger partial charge on any atom is 0.161 e. The van der Waals surface area contributed by atoms with Gasteiger partial charge in [-0.05, 0) is 346 Å². The van der Waals surface area contributed by atoms with Gasteiger partial charge in [-0.3, -0.25) is 9.97 Å². The highest BCUT2D eigenvalue weighted by atomic mass is 19.2. The molecular formula is C118H184F4N6O6. The minimum Gasteiger partial charge on any atom is -0.378 e. The number of hydrogen-bond acceptors (Lipinski definition) is 12. The average Bonchev–Trinajstić information content (AvgIpc) is 0.862. The van der Waals surface area contributed by atoms with Crippen molar-refractivity contribution in [2.75, 3.05) is 39.6 Å². The Labute approximate surface area is 815 Å². The maximum absolute atomic E-state index is 12.6. The molecule has 5 fully saturated rings. The van der Waals surface area contributed by atoms with Gasteiger partial charge in [0.05, 0.1) is 38.6 Å². The first-order chi connectivity index (χ1) is 63.3. The fourth-order valence-corrected chi connectivity index (χ4v) is 12.4. The monoisotopic (exact) mass is 1860 g/mol. The van der Waals surface area contributed by atoms with Crippen LogP contribution in [0.2, 0.25) is 0 Å². The second-order valence-corrected chi connectivity index (χ2v) is 38.3. The van der Waals surface area contributed by atoms with Crippen molar-refractivity contribution in [1.29, 1.82) is 0 Å². The number of hydrogen-bond donors (Lipinski definition) is 0. The molecule has 134 heavy (non-hydrogen) atoms. The zero-order valence-corrected chi connectivity index (χ0v) is 89.9. The van der Waals surface area contributed by atoms with Crippen LogP contribution in [-0.4, -0.2) is 94.3 Å². The highest BCUT2D eigenvalue weighted by Gasteiger charge is 2.18. The number of nitrogens with zero attached hydrogens (tertiary/aromatic N) is 6. The lowest BCUT2D eigenvalue weighted by molar-refractivity contribution is -0.187. The number of halogens is 4. The lowest BCUT2D eigenvalue weighted by Gasteiger charge is -2.24. The van der Waals surface area contributed by atoms with Crippen LogP contribution in [0, 0.1) is 195 Å². The molecule has 0 bridgehead atoms. The van der Waals surface area contributed by atoms with Gasteiger partial charge >= 0.3 is 0 Å². The third-order valence-corrected chi connectivity index (χ3v) is 22.5. The summed E-state index contributed by atoms with van der Waals surface area (Å²) >= 11 is 0. The van der Waals surface area contributed by atoms with Gasteiger partial charge in [0, 0.05) is 75.0 Å². The summed E-state index contributed by atoms with van der Waals surface area (Å²) in [6.45, 7) is 74.5. The second-order valence-electron chi connectivity index (χ2n) is 38.3. The molecule has 5 aromatic carbocycles. The highest BCUT2D eigenvalue weighted by molar-refractivity contribution is 5.26. The van der Waals surface area contributed by atoms with E-state index in [1.165, 1.54) is 149 Å². The molecule has 4 aromatic heterocycles. The Balaban J connectivity index is 0. The van der Waals surface area contributed by atoms with Crippen LogP contribution < -0.4 is 0 Å². The van der Waals surface area contributed by atoms with Gasteiger partial charge < -0.3 is 28.4 Å². The minimum absolute atomic E-state index is 0. The molecule has 6 atom stereocenters. The van der Waals surface area contributed by atoms with E-state index in [4.69, 9.17) is 28.4 Å². The van der Waals surface area contributed by atoms with Crippen molar-refractivity contribution in [1.82, 2.24) is 29.9 Å². The summed E-state index contributed by atoms with van der Waals surface area (Å²) in [5.74, 6) is 6.63. The van der Waals surface area contributed by atoms with Crippen molar-refractivity contribution in [2.24, 2.45) is 47.3 Å². The zero-order chi connectivity index (χ0) is 101. The van der Waals surface area contributed by atoms with Gasteiger partial charge in [0.15, 0.2) is 24.2 Å². The van der Waals surface area contributed by atoms with Crippen molar-refractivity contribution in [3.8, 4) is 0 Å². The van der Waals surface area contributed by atoms with Crippen LogP contribution in [0.5, 0.6) is 0 Å². The molecule has 8 heterocycles. The van der Waals surface area contributed by atoms with Crippen molar-refractivity contribution < 1.29 is 47.4 Å². The van der Waals surface area contributed by atoms with Crippen LogP contribution >= 0.6 is 0 Å². The first-order valence-electron chi connectivity index (χ1n) is 49.5. The SMILES string of the molecule is CC.CC1=CCC(C)CC1.CC1=CCC(C)CC1.CC1CCC(C)CC1.CC1CCC(C)OC1.CC1CCC(C)OC1.CC1COC(C)OC1.CC1COC(C)OC1.Cc1ccc(C)c(F)c1.Cc1ccc(C)c(F)c1.Cc1ccc(C)c(F)c1F.Cc1ccc(C)cc1.Cc1ccc(C)cc1.Cc1ccc(C)nc1.Cc1ccc(C)nc1.Cc1cnc(C)nc1.Cc1cnc(C)nc1.[HH]. The molecule has 6 unspecified atom stereocenters. The van der Waals surface area contributed by atoms with E-state index >= 15 is 0 Å². The highest BCUT2D eigenvalue weighted by Crippen LogP contribution is 2.28. The van der Waals surface area contributed by atoms with E-state index in [1.807, 2.05) is 158 Å². The summed E-state index contributed by atoms with van der Waals surface area (Å²) in [6, 6.07) is 38.7. The number of rotatable bonds is 0. The Hall–Kier alpha value is -8.48. The summed E-state index contributed by atoms with van der Waals surface area (Å²) < 4.78 is 81.8. The van der Waals surface area contributed by atoms with Gasteiger partial charge in [0.2, 0.25) is 0 Å². The van der Waals surface area contributed by atoms with E-state index in [1.54, 1.807) is 49.3 Å².